The normalized spacial score (nSPS) is 11.1. The number of halogens is 1. The van der Waals surface area contributed by atoms with Crippen molar-refractivity contribution in [2.75, 3.05) is 7.05 Å². The topological polar surface area (TPSA) is 36.4 Å². The van der Waals surface area contributed by atoms with Gasteiger partial charge in [0.15, 0.2) is 5.96 Å². The number of thiophene rings is 2. The van der Waals surface area contributed by atoms with Crippen LogP contribution in [0, 0.1) is 13.8 Å². The summed E-state index contributed by atoms with van der Waals surface area (Å²) in [6, 6.07) is 6.45. The van der Waals surface area contributed by atoms with E-state index in [1.807, 2.05) is 11.3 Å². The van der Waals surface area contributed by atoms with Crippen LogP contribution in [0.2, 0.25) is 0 Å². The lowest BCUT2D eigenvalue weighted by Gasteiger charge is -2.10. The highest BCUT2D eigenvalue weighted by atomic mass is 127. The first-order valence-electron chi connectivity index (χ1n) is 6.22. The first kappa shape index (κ1) is 17.5. The van der Waals surface area contributed by atoms with E-state index in [0.717, 1.165) is 19.0 Å². The molecule has 2 N–H and O–H groups in total. The van der Waals surface area contributed by atoms with Crippen LogP contribution in [0.5, 0.6) is 0 Å². The van der Waals surface area contributed by atoms with E-state index in [-0.39, 0.29) is 24.0 Å². The van der Waals surface area contributed by atoms with Gasteiger partial charge in [0, 0.05) is 21.7 Å². The van der Waals surface area contributed by atoms with Crippen molar-refractivity contribution in [3.05, 3.63) is 43.8 Å². The molecular formula is C14H20IN3S2. The summed E-state index contributed by atoms with van der Waals surface area (Å²) < 4.78 is 0. The van der Waals surface area contributed by atoms with E-state index < -0.39 is 0 Å². The van der Waals surface area contributed by atoms with Crippen molar-refractivity contribution in [1.82, 2.24) is 10.6 Å². The smallest absolute Gasteiger partial charge is 0.191 e. The Bertz CT molecular complexity index is 560. The first-order chi connectivity index (χ1) is 9.19. The summed E-state index contributed by atoms with van der Waals surface area (Å²) in [6.07, 6.45) is 0. The zero-order valence-corrected chi connectivity index (χ0v) is 15.9. The Morgan fingerprint density at radius 2 is 1.90 bits per heavy atom. The molecule has 0 saturated heterocycles. The average molecular weight is 421 g/mol. The third kappa shape index (κ3) is 5.06. The molecule has 0 aliphatic rings. The molecule has 3 nitrogen and oxygen atoms in total. The Kier molecular flexibility index (Phi) is 7.53. The fraction of sp³-hybridized carbons (Fsp3) is 0.357. The van der Waals surface area contributed by atoms with E-state index in [2.05, 4.69) is 53.1 Å². The standard InChI is InChI=1S/C14H19N3S2.HI/c1-10-6-7-18-13(10)9-17-14(15-3)16-8-12-5-4-11(2)19-12;/h4-7H,8-9H2,1-3H3,(H2,15,16,17);1H. The van der Waals surface area contributed by atoms with Gasteiger partial charge in [-0.15, -0.1) is 46.7 Å². The molecule has 0 amide bonds. The van der Waals surface area contributed by atoms with E-state index in [9.17, 15) is 0 Å². The summed E-state index contributed by atoms with van der Waals surface area (Å²) in [5.41, 5.74) is 1.34. The molecule has 0 aromatic carbocycles. The molecule has 0 aliphatic carbocycles. The molecule has 20 heavy (non-hydrogen) atoms. The number of nitrogens with one attached hydrogen (secondary N) is 2. The molecule has 2 rings (SSSR count). The molecule has 0 spiro atoms. The highest BCUT2D eigenvalue weighted by molar-refractivity contribution is 14.0. The molecule has 0 unspecified atom stereocenters. The lowest BCUT2D eigenvalue weighted by atomic mass is 10.3. The fourth-order valence-electron chi connectivity index (χ4n) is 1.72. The molecule has 110 valence electrons. The maximum absolute atomic E-state index is 4.24. The first-order valence-corrected chi connectivity index (χ1v) is 7.91. The maximum Gasteiger partial charge on any atom is 0.191 e. The molecule has 2 heterocycles. The van der Waals surface area contributed by atoms with Crippen molar-refractivity contribution in [3.63, 3.8) is 0 Å². The molecule has 0 saturated carbocycles. The molecule has 2 aromatic rings. The minimum atomic E-state index is 0. The minimum absolute atomic E-state index is 0. The van der Waals surface area contributed by atoms with Crippen LogP contribution < -0.4 is 10.6 Å². The zero-order valence-electron chi connectivity index (χ0n) is 11.9. The number of nitrogens with zero attached hydrogens (tertiary/aromatic N) is 1. The van der Waals surface area contributed by atoms with Crippen molar-refractivity contribution in [3.8, 4) is 0 Å². The Morgan fingerprint density at radius 1 is 1.15 bits per heavy atom. The van der Waals surface area contributed by atoms with Crippen molar-refractivity contribution < 1.29 is 0 Å². The van der Waals surface area contributed by atoms with Crippen LogP contribution >= 0.6 is 46.7 Å². The summed E-state index contributed by atoms with van der Waals surface area (Å²) in [5, 5.41) is 8.80. The van der Waals surface area contributed by atoms with Gasteiger partial charge in [0.05, 0.1) is 13.1 Å². The number of hydrogen-bond acceptors (Lipinski definition) is 3. The van der Waals surface area contributed by atoms with Gasteiger partial charge in [-0.05, 0) is 43.0 Å². The van der Waals surface area contributed by atoms with E-state index in [4.69, 9.17) is 0 Å². The van der Waals surface area contributed by atoms with Crippen LogP contribution in [-0.2, 0) is 13.1 Å². The second-order valence-electron chi connectivity index (χ2n) is 4.32. The Hall–Kier alpha value is -0.600. The number of guanidine groups is 1. The third-order valence-electron chi connectivity index (χ3n) is 2.83. The van der Waals surface area contributed by atoms with Gasteiger partial charge >= 0.3 is 0 Å². The lowest BCUT2D eigenvalue weighted by Crippen LogP contribution is -2.36. The summed E-state index contributed by atoms with van der Waals surface area (Å²) in [4.78, 5) is 8.27. The van der Waals surface area contributed by atoms with Gasteiger partial charge in [-0.3, -0.25) is 4.99 Å². The Morgan fingerprint density at radius 3 is 2.45 bits per heavy atom. The Balaban J connectivity index is 0.00000200. The van der Waals surface area contributed by atoms with E-state index in [1.54, 1.807) is 18.4 Å². The summed E-state index contributed by atoms with van der Waals surface area (Å²) >= 11 is 3.59. The van der Waals surface area contributed by atoms with Gasteiger partial charge in [0.1, 0.15) is 0 Å². The number of rotatable bonds is 4. The molecule has 2 aromatic heterocycles. The van der Waals surface area contributed by atoms with Gasteiger partial charge in [-0.2, -0.15) is 0 Å². The zero-order chi connectivity index (χ0) is 13.7. The molecular weight excluding hydrogens is 401 g/mol. The molecule has 0 atom stereocenters. The summed E-state index contributed by atoms with van der Waals surface area (Å²) in [6.45, 7) is 5.91. The van der Waals surface area contributed by atoms with Crippen LogP contribution in [0.3, 0.4) is 0 Å². The van der Waals surface area contributed by atoms with Gasteiger partial charge < -0.3 is 10.6 Å². The van der Waals surface area contributed by atoms with Gasteiger partial charge in [0.2, 0.25) is 0 Å². The van der Waals surface area contributed by atoms with Crippen molar-refractivity contribution in [1.29, 1.82) is 0 Å². The lowest BCUT2D eigenvalue weighted by molar-refractivity contribution is 0.820. The molecule has 6 heteroatoms. The summed E-state index contributed by atoms with van der Waals surface area (Å²) in [7, 11) is 1.80. The SMILES string of the molecule is CN=C(NCc1ccc(C)s1)NCc1sccc1C.I. The third-order valence-corrected chi connectivity index (χ3v) is 4.86. The van der Waals surface area contributed by atoms with E-state index >= 15 is 0 Å². The van der Waals surface area contributed by atoms with Crippen LogP contribution in [0.25, 0.3) is 0 Å². The van der Waals surface area contributed by atoms with Crippen molar-refractivity contribution in [2.45, 2.75) is 26.9 Å². The van der Waals surface area contributed by atoms with Crippen LogP contribution in [-0.4, -0.2) is 13.0 Å². The monoisotopic (exact) mass is 421 g/mol. The van der Waals surface area contributed by atoms with Gasteiger partial charge in [-0.25, -0.2) is 0 Å². The quantitative estimate of drug-likeness (QED) is 0.446. The van der Waals surface area contributed by atoms with Crippen molar-refractivity contribution >= 4 is 52.6 Å². The highest BCUT2D eigenvalue weighted by Crippen LogP contribution is 2.15. The number of hydrogen-bond donors (Lipinski definition) is 2. The number of aliphatic imine (C=N–C) groups is 1. The van der Waals surface area contributed by atoms with Gasteiger partial charge in [-0.1, -0.05) is 0 Å². The average Bonchev–Trinajstić information content (AvgIpc) is 2.99. The predicted octanol–water partition coefficient (Wildman–Crippen LogP) is 3.91. The maximum atomic E-state index is 4.24. The Labute approximate surface area is 145 Å². The second-order valence-corrected chi connectivity index (χ2v) is 6.69. The van der Waals surface area contributed by atoms with Gasteiger partial charge in [0.25, 0.3) is 0 Å². The van der Waals surface area contributed by atoms with Crippen molar-refractivity contribution in [2.24, 2.45) is 4.99 Å². The van der Waals surface area contributed by atoms with Crippen LogP contribution in [0.15, 0.2) is 28.6 Å². The van der Waals surface area contributed by atoms with E-state index in [0.29, 0.717) is 0 Å². The molecule has 0 bridgehead atoms. The largest absolute Gasteiger partial charge is 0.352 e. The summed E-state index contributed by atoms with van der Waals surface area (Å²) in [5.74, 6) is 0.846. The minimum Gasteiger partial charge on any atom is -0.352 e. The predicted molar refractivity (Wildman–Crippen MR) is 101 cm³/mol. The highest BCUT2D eigenvalue weighted by Gasteiger charge is 2.03. The fourth-order valence-corrected chi connectivity index (χ4v) is 3.40. The molecule has 0 radical (unpaired) electrons. The molecule has 0 aliphatic heterocycles. The molecule has 0 fully saturated rings. The van der Waals surface area contributed by atoms with E-state index in [1.165, 1.54) is 20.2 Å². The van der Waals surface area contributed by atoms with Crippen LogP contribution in [0.4, 0.5) is 0 Å². The second kappa shape index (κ2) is 8.63. The number of aryl methyl sites for hydroxylation is 2. The van der Waals surface area contributed by atoms with Crippen LogP contribution in [0.1, 0.15) is 20.2 Å².